The van der Waals surface area contributed by atoms with Crippen LogP contribution in [-0.4, -0.2) is 17.9 Å². The normalized spacial score (nSPS) is 19.3. The number of unbranched alkanes of at least 4 members (excludes halogenated alkanes) is 2. The molecule has 0 radical (unpaired) electrons. The van der Waals surface area contributed by atoms with Crippen LogP contribution in [0.3, 0.4) is 0 Å². The van der Waals surface area contributed by atoms with E-state index in [9.17, 15) is 13.9 Å². The molecule has 4 heteroatoms. The molecule has 1 saturated carbocycles. The number of aromatic hydroxyl groups is 1. The fourth-order valence-electron chi connectivity index (χ4n) is 6.30. The van der Waals surface area contributed by atoms with Gasteiger partial charge in [-0.3, -0.25) is 4.39 Å². The lowest BCUT2D eigenvalue weighted by Crippen LogP contribution is -2.08. The fourth-order valence-corrected chi connectivity index (χ4v) is 6.30. The van der Waals surface area contributed by atoms with Gasteiger partial charge in [0.05, 0.1) is 19.4 Å². The maximum Gasteiger partial charge on any atom is 0.126 e. The van der Waals surface area contributed by atoms with Crippen LogP contribution in [0, 0.1) is 18.7 Å². The van der Waals surface area contributed by atoms with Gasteiger partial charge in [-0.1, -0.05) is 61.7 Å². The van der Waals surface area contributed by atoms with Crippen molar-refractivity contribution in [3.63, 3.8) is 0 Å². The largest absolute Gasteiger partial charge is 0.508 e. The molecule has 39 heavy (non-hydrogen) atoms. The second-order valence-electron chi connectivity index (χ2n) is 11.4. The number of hydrogen-bond acceptors (Lipinski definition) is 2. The van der Waals surface area contributed by atoms with Crippen molar-refractivity contribution in [3.05, 3.63) is 99.9 Å². The lowest BCUT2D eigenvalue weighted by Gasteiger charge is -2.18. The van der Waals surface area contributed by atoms with Crippen LogP contribution in [0.1, 0.15) is 91.2 Å². The first-order valence-corrected chi connectivity index (χ1v) is 14.6. The van der Waals surface area contributed by atoms with Gasteiger partial charge >= 0.3 is 0 Å². The number of halogens is 2. The van der Waals surface area contributed by atoms with Gasteiger partial charge in [-0.15, -0.1) is 0 Å². The van der Waals surface area contributed by atoms with E-state index < -0.39 is 0 Å². The maximum atomic E-state index is 14.6. The minimum absolute atomic E-state index is 0.184. The number of ether oxygens (including phenoxy) is 1. The molecule has 0 spiro atoms. The molecule has 0 aliphatic heterocycles. The summed E-state index contributed by atoms with van der Waals surface area (Å²) in [5.41, 5.74) is 8.30. The Morgan fingerprint density at radius 3 is 2.51 bits per heavy atom. The van der Waals surface area contributed by atoms with Gasteiger partial charge in [-0.2, -0.15) is 0 Å². The van der Waals surface area contributed by atoms with Gasteiger partial charge in [0.1, 0.15) is 11.6 Å². The zero-order valence-corrected chi connectivity index (χ0v) is 23.0. The van der Waals surface area contributed by atoms with Gasteiger partial charge in [0.25, 0.3) is 0 Å². The Balaban J connectivity index is 1.35. The van der Waals surface area contributed by atoms with E-state index >= 15 is 0 Å². The third kappa shape index (κ3) is 6.78. The SMILES string of the molecule is Cc1ccc(C2=C(c3ccc(CO[C@H]4CCC(CCCCCF)C4)cc3)c3ccc(O)cc3CCC2)cc1F. The van der Waals surface area contributed by atoms with Crippen LogP contribution in [0.25, 0.3) is 11.1 Å². The van der Waals surface area contributed by atoms with E-state index in [1.165, 1.54) is 12.8 Å². The van der Waals surface area contributed by atoms with Crippen molar-refractivity contribution in [1.82, 2.24) is 0 Å². The average Bonchev–Trinajstić information content (AvgIpc) is 3.31. The predicted octanol–water partition coefficient (Wildman–Crippen LogP) is 9.35. The molecule has 0 bridgehead atoms. The van der Waals surface area contributed by atoms with Crippen LogP contribution < -0.4 is 0 Å². The molecule has 5 rings (SSSR count). The lowest BCUT2D eigenvalue weighted by molar-refractivity contribution is 0.0426. The lowest BCUT2D eigenvalue weighted by atomic mass is 9.87. The number of alkyl halides is 1. The first-order valence-electron chi connectivity index (χ1n) is 14.6. The van der Waals surface area contributed by atoms with E-state index in [4.69, 9.17) is 4.74 Å². The Hall–Kier alpha value is -2.98. The predicted molar refractivity (Wildman–Crippen MR) is 155 cm³/mol. The molecule has 2 aliphatic carbocycles. The topological polar surface area (TPSA) is 29.5 Å². The fraction of sp³-hybridized carbons (Fsp3) is 0.429. The molecule has 0 aromatic heterocycles. The van der Waals surface area contributed by atoms with Gasteiger partial charge in [-0.25, -0.2) is 4.39 Å². The minimum Gasteiger partial charge on any atom is -0.508 e. The number of benzene rings is 3. The van der Waals surface area contributed by atoms with E-state index in [2.05, 4.69) is 24.3 Å². The van der Waals surface area contributed by atoms with Crippen LogP contribution in [0.4, 0.5) is 8.78 Å². The van der Waals surface area contributed by atoms with Crippen molar-refractivity contribution < 1.29 is 18.6 Å². The summed E-state index contributed by atoms with van der Waals surface area (Å²) in [6.07, 6.45) is 10.4. The van der Waals surface area contributed by atoms with Crippen LogP contribution in [0.15, 0.2) is 60.7 Å². The van der Waals surface area contributed by atoms with E-state index in [0.29, 0.717) is 30.6 Å². The van der Waals surface area contributed by atoms with E-state index in [1.807, 2.05) is 24.3 Å². The van der Waals surface area contributed by atoms with E-state index in [0.717, 1.165) is 83.9 Å². The highest BCUT2D eigenvalue weighted by Gasteiger charge is 2.25. The maximum absolute atomic E-state index is 14.6. The van der Waals surface area contributed by atoms with Crippen molar-refractivity contribution in [2.45, 2.75) is 83.8 Å². The second-order valence-corrected chi connectivity index (χ2v) is 11.4. The number of phenolic OH excluding ortho intramolecular Hbond substituents is 1. The summed E-state index contributed by atoms with van der Waals surface area (Å²) in [6.45, 7) is 2.19. The molecule has 1 N–H and O–H groups in total. The number of hydrogen-bond donors (Lipinski definition) is 1. The van der Waals surface area contributed by atoms with Gasteiger partial charge in [0.15, 0.2) is 0 Å². The Bertz CT molecular complexity index is 1290. The molecular weight excluding hydrogens is 490 g/mol. The van der Waals surface area contributed by atoms with Crippen LogP contribution in [-0.2, 0) is 17.8 Å². The summed E-state index contributed by atoms with van der Waals surface area (Å²) >= 11 is 0. The average molecular weight is 531 g/mol. The van der Waals surface area contributed by atoms with Gasteiger partial charge in [0, 0.05) is 0 Å². The number of phenols is 1. The number of fused-ring (bicyclic) bond motifs is 1. The Morgan fingerprint density at radius 2 is 1.72 bits per heavy atom. The number of rotatable bonds is 10. The van der Waals surface area contributed by atoms with Crippen molar-refractivity contribution in [2.75, 3.05) is 6.67 Å². The second kappa shape index (κ2) is 12.9. The smallest absolute Gasteiger partial charge is 0.126 e. The van der Waals surface area contributed by atoms with Crippen molar-refractivity contribution in [3.8, 4) is 5.75 Å². The molecule has 0 saturated heterocycles. The first-order chi connectivity index (χ1) is 19.0. The quantitative estimate of drug-likeness (QED) is 0.265. The molecule has 1 fully saturated rings. The highest BCUT2D eigenvalue weighted by atomic mass is 19.1. The summed E-state index contributed by atoms with van der Waals surface area (Å²) in [4.78, 5) is 0. The summed E-state index contributed by atoms with van der Waals surface area (Å²) < 4.78 is 33.2. The summed E-state index contributed by atoms with van der Waals surface area (Å²) in [7, 11) is 0. The Morgan fingerprint density at radius 1 is 0.897 bits per heavy atom. The van der Waals surface area contributed by atoms with Crippen molar-refractivity contribution in [2.24, 2.45) is 5.92 Å². The molecule has 2 nitrogen and oxygen atoms in total. The molecule has 0 heterocycles. The summed E-state index contributed by atoms with van der Waals surface area (Å²) in [5, 5.41) is 10.2. The van der Waals surface area contributed by atoms with Crippen LogP contribution in [0.2, 0.25) is 0 Å². The van der Waals surface area contributed by atoms with Crippen LogP contribution >= 0.6 is 0 Å². The summed E-state index contributed by atoms with van der Waals surface area (Å²) in [5.74, 6) is 0.805. The standard InChI is InChI=1S/C35H40F2O2/c1-24-9-13-29(22-34(24)37)32-8-5-7-28-21-30(38)16-18-33(28)35(32)27-14-10-26(11-15-27)23-39-31-17-12-25(20-31)6-3-2-4-19-36/h9-11,13-16,18,21-22,25,31,38H,2-8,12,17,19-20,23H2,1H3/t25?,31-/m0/s1. The van der Waals surface area contributed by atoms with E-state index in [-0.39, 0.29) is 18.2 Å². The highest BCUT2D eigenvalue weighted by molar-refractivity contribution is 6.00. The zero-order valence-electron chi connectivity index (χ0n) is 23.0. The third-order valence-corrected chi connectivity index (χ3v) is 8.52. The highest BCUT2D eigenvalue weighted by Crippen LogP contribution is 2.41. The first kappa shape index (κ1) is 27.6. The van der Waals surface area contributed by atoms with Crippen molar-refractivity contribution >= 4 is 11.1 Å². The van der Waals surface area contributed by atoms with Crippen molar-refractivity contribution in [1.29, 1.82) is 0 Å². The molecular formula is C35H40F2O2. The molecule has 3 aromatic carbocycles. The van der Waals surface area contributed by atoms with Gasteiger partial charge in [-0.05, 0) is 121 Å². The zero-order chi connectivity index (χ0) is 27.2. The van der Waals surface area contributed by atoms with Gasteiger partial charge in [0.2, 0.25) is 0 Å². The molecule has 1 unspecified atom stereocenters. The third-order valence-electron chi connectivity index (χ3n) is 8.52. The monoisotopic (exact) mass is 530 g/mol. The number of allylic oxidation sites excluding steroid dienone is 1. The molecule has 206 valence electrons. The number of aryl methyl sites for hydroxylation is 2. The van der Waals surface area contributed by atoms with Crippen LogP contribution in [0.5, 0.6) is 5.75 Å². The summed E-state index contributed by atoms with van der Waals surface area (Å²) in [6, 6.07) is 19.8. The molecule has 2 atom stereocenters. The minimum atomic E-state index is -0.200. The Labute approximate surface area is 231 Å². The van der Waals surface area contributed by atoms with E-state index in [1.54, 1.807) is 19.1 Å². The van der Waals surface area contributed by atoms with Gasteiger partial charge < -0.3 is 9.84 Å². The molecule has 0 amide bonds. The molecule has 2 aliphatic rings. The Kier molecular flexibility index (Phi) is 9.13. The molecule has 3 aromatic rings.